The van der Waals surface area contributed by atoms with Gasteiger partial charge in [-0.05, 0) is 49.9 Å². The Bertz CT molecular complexity index is 1180. The molecule has 0 bridgehead atoms. The average molecular weight is 475 g/mol. The zero-order valence-corrected chi connectivity index (χ0v) is 20.1. The van der Waals surface area contributed by atoms with E-state index in [4.69, 9.17) is 10.7 Å². The lowest BCUT2D eigenvalue weighted by atomic mass is 9.84. The number of aromatic amines is 1. The Hall–Kier alpha value is -3.26. The zero-order chi connectivity index (χ0) is 24.2. The van der Waals surface area contributed by atoms with Crippen molar-refractivity contribution >= 4 is 34.4 Å². The SMILES string of the molecule is NC1CCCCC1C(=O)Nc1cc2nc(-c3ccc(NC(=O)C4CCCCCC4)cc3)[nH]c2cn1. The number of H-pyrrole nitrogens is 1. The molecule has 2 aliphatic carbocycles. The molecule has 0 radical (unpaired) electrons. The average Bonchev–Trinajstić information content (AvgIpc) is 3.09. The van der Waals surface area contributed by atoms with Crippen LogP contribution in [0.5, 0.6) is 0 Å². The summed E-state index contributed by atoms with van der Waals surface area (Å²) in [6, 6.07) is 9.40. The smallest absolute Gasteiger partial charge is 0.230 e. The minimum Gasteiger partial charge on any atom is -0.337 e. The molecule has 8 nitrogen and oxygen atoms in total. The summed E-state index contributed by atoms with van der Waals surface area (Å²) in [7, 11) is 0. The van der Waals surface area contributed by atoms with Gasteiger partial charge in [-0.1, -0.05) is 38.5 Å². The van der Waals surface area contributed by atoms with Gasteiger partial charge in [0, 0.05) is 29.3 Å². The number of aromatic nitrogens is 3. The van der Waals surface area contributed by atoms with Gasteiger partial charge in [-0.2, -0.15) is 0 Å². The Balaban J connectivity index is 1.25. The van der Waals surface area contributed by atoms with Gasteiger partial charge in [0.1, 0.15) is 11.6 Å². The summed E-state index contributed by atoms with van der Waals surface area (Å²) >= 11 is 0. The van der Waals surface area contributed by atoms with E-state index in [1.807, 2.05) is 24.3 Å². The largest absolute Gasteiger partial charge is 0.337 e. The number of amides is 2. The molecule has 5 rings (SSSR count). The lowest BCUT2D eigenvalue weighted by Gasteiger charge is -2.27. The molecule has 2 unspecified atom stereocenters. The Morgan fingerprint density at radius 2 is 1.60 bits per heavy atom. The van der Waals surface area contributed by atoms with Crippen molar-refractivity contribution in [3.8, 4) is 11.4 Å². The molecule has 0 aliphatic heterocycles. The van der Waals surface area contributed by atoms with Crippen LogP contribution in [-0.2, 0) is 9.59 Å². The molecule has 8 heteroatoms. The maximum Gasteiger partial charge on any atom is 0.230 e. The summed E-state index contributed by atoms with van der Waals surface area (Å²) in [5, 5.41) is 5.99. The summed E-state index contributed by atoms with van der Waals surface area (Å²) in [5.74, 6) is 1.19. The first-order valence-corrected chi connectivity index (χ1v) is 12.9. The number of imidazole rings is 1. The number of nitrogens with one attached hydrogen (secondary N) is 3. The zero-order valence-electron chi connectivity index (χ0n) is 20.1. The van der Waals surface area contributed by atoms with Crippen LogP contribution in [0.15, 0.2) is 36.5 Å². The molecule has 2 amide bonds. The lowest BCUT2D eigenvalue weighted by molar-refractivity contribution is -0.121. The Morgan fingerprint density at radius 3 is 2.34 bits per heavy atom. The van der Waals surface area contributed by atoms with Crippen molar-refractivity contribution in [1.29, 1.82) is 0 Å². The number of fused-ring (bicyclic) bond motifs is 1. The van der Waals surface area contributed by atoms with Crippen LogP contribution in [0, 0.1) is 11.8 Å². The predicted molar refractivity (Wildman–Crippen MR) is 138 cm³/mol. The highest BCUT2D eigenvalue weighted by atomic mass is 16.2. The van der Waals surface area contributed by atoms with Crippen molar-refractivity contribution in [3.05, 3.63) is 36.5 Å². The molecular weight excluding hydrogens is 440 g/mol. The number of benzene rings is 1. The van der Waals surface area contributed by atoms with Gasteiger partial charge in [-0.15, -0.1) is 0 Å². The Morgan fingerprint density at radius 1 is 0.886 bits per heavy atom. The van der Waals surface area contributed by atoms with E-state index in [9.17, 15) is 9.59 Å². The lowest BCUT2D eigenvalue weighted by Crippen LogP contribution is -2.40. The highest BCUT2D eigenvalue weighted by molar-refractivity contribution is 5.94. The molecular formula is C27H34N6O2. The fourth-order valence-electron chi connectivity index (χ4n) is 5.32. The third kappa shape index (κ3) is 5.53. The van der Waals surface area contributed by atoms with Crippen LogP contribution in [0.2, 0.25) is 0 Å². The van der Waals surface area contributed by atoms with Crippen LogP contribution in [0.4, 0.5) is 11.5 Å². The summed E-state index contributed by atoms with van der Waals surface area (Å²) in [4.78, 5) is 37.7. The highest BCUT2D eigenvalue weighted by Gasteiger charge is 2.28. The number of nitrogens with two attached hydrogens (primary N) is 1. The van der Waals surface area contributed by atoms with Crippen molar-refractivity contribution in [2.75, 3.05) is 10.6 Å². The van der Waals surface area contributed by atoms with Gasteiger partial charge in [0.25, 0.3) is 0 Å². The van der Waals surface area contributed by atoms with Gasteiger partial charge >= 0.3 is 0 Å². The van der Waals surface area contributed by atoms with E-state index in [-0.39, 0.29) is 29.7 Å². The van der Waals surface area contributed by atoms with Crippen LogP contribution in [0.1, 0.15) is 64.2 Å². The van der Waals surface area contributed by atoms with Crippen molar-refractivity contribution in [3.63, 3.8) is 0 Å². The first-order valence-electron chi connectivity index (χ1n) is 12.9. The normalized spacial score (nSPS) is 21.4. The number of carbonyl (C=O) groups excluding carboxylic acids is 2. The number of rotatable bonds is 5. The second-order valence-electron chi connectivity index (χ2n) is 9.97. The number of hydrogen-bond donors (Lipinski definition) is 4. The first-order chi connectivity index (χ1) is 17.1. The summed E-state index contributed by atoms with van der Waals surface area (Å²) in [6.07, 6.45) is 12.2. The minimum atomic E-state index is -0.169. The molecule has 35 heavy (non-hydrogen) atoms. The molecule has 2 aliphatic rings. The number of pyridine rings is 1. The van der Waals surface area contributed by atoms with Crippen LogP contribution in [0.3, 0.4) is 0 Å². The Kier molecular flexibility index (Phi) is 7.08. The topological polar surface area (TPSA) is 126 Å². The van der Waals surface area contributed by atoms with Crippen LogP contribution < -0.4 is 16.4 Å². The number of nitrogens with zero attached hydrogens (tertiary/aromatic N) is 2. The van der Waals surface area contributed by atoms with Gasteiger partial charge < -0.3 is 21.4 Å². The van der Waals surface area contributed by atoms with Gasteiger partial charge in [0.05, 0.1) is 23.1 Å². The molecule has 5 N–H and O–H groups in total. The quantitative estimate of drug-likeness (QED) is 0.388. The minimum absolute atomic E-state index is 0.0682. The molecule has 184 valence electrons. The van der Waals surface area contributed by atoms with Gasteiger partial charge in [0.15, 0.2) is 0 Å². The fourth-order valence-corrected chi connectivity index (χ4v) is 5.32. The number of carbonyl (C=O) groups is 2. The highest BCUT2D eigenvalue weighted by Crippen LogP contribution is 2.27. The van der Waals surface area contributed by atoms with Crippen molar-refractivity contribution < 1.29 is 9.59 Å². The van der Waals surface area contributed by atoms with Gasteiger partial charge in [-0.25, -0.2) is 9.97 Å². The molecule has 2 heterocycles. The summed E-state index contributed by atoms with van der Waals surface area (Å²) < 4.78 is 0. The standard InChI is InChI=1S/C27H34N6O2/c28-21-10-6-5-9-20(21)27(35)33-24-15-22-23(16-29-24)32-25(31-22)17-11-13-19(14-12-17)30-26(34)18-7-3-1-2-4-8-18/h11-16,18,20-21H,1-10,28H2,(H,30,34)(H,31,32)(H,29,33,35). The van der Waals surface area contributed by atoms with Crippen molar-refractivity contribution in [2.45, 2.75) is 70.3 Å². The van der Waals surface area contributed by atoms with Gasteiger partial charge in [-0.3, -0.25) is 9.59 Å². The fraction of sp³-hybridized carbons (Fsp3) is 0.481. The number of hydrogen-bond acceptors (Lipinski definition) is 5. The molecule has 0 saturated heterocycles. The van der Waals surface area contributed by atoms with E-state index in [0.717, 1.165) is 73.7 Å². The van der Waals surface area contributed by atoms with Crippen LogP contribution in [0.25, 0.3) is 22.4 Å². The summed E-state index contributed by atoms with van der Waals surface area (Å²) in [5.41, 5.74) is 9.37. The molecule has 1 aromatic carbocycles. The number of anilines is 2. The van der Waals surface area contributed by atoms with Crippen molar-refractivity contribution in [1.82, 2.24) is 15.0 Å². The third-order valence-corrected chi connectivity index (χ3v) is 7.43. The third-order valence-electron chi connectivity index (χ3n) is 7.43. The second kappa shape index (κ2) is 10.6. The predicted octanol–water partition coefficient (Wildman–Crippen LogP) is 4.99. The molecule has 2 aromatic heterocycles. The second-order valence-corrected chi connectivity index (χ2v) is 9.97. The Labute approximate surface area is 205 Å². The molecule has 2 atom stereocenters. The van der Waals surface area contributed by atoms with Crippen LogP contribution in [-0.4, -0.2) is 32.8 Å². The van der Waals surface area contributed by atoms with Crippen LogP contribution >= 0.6 is 0 Å². The van der Waals surface area contributed by atoms with E-state index in [1.165, 1.54) is 12.8 Å². The summed E-state index contributed by atoms with van der Waals surface area (Å²) in [6.45, 7) is 0. The molecule has 2 saturated carbocycles. The maximum absolute atomic E-state index is 12.7. The van der Waals surface area contributed by atoms with E-state index >= 15 is 0 Å². The van der Waals surface area contributed by atoms with Gasteiger partial charge in [0.2, 0.25) is 11.8 Å². The van der Waals surface area contributed by atoms with Crippen molar-refractivity contribution in [2.24, 2.45) is 17.6 Å². The van der Waals surface area contributed by atoms with E-state index in [1.54, 1.807) is 12.3 Å². The molecule has 2 fully saturated rings. The molecule has 0 spiro atoms. The molecule has 3 aromatic rings. The van der Waals surface area contributed by atoms with E-state index < -0.39 is 0 Å². The maximum atomic E-state index is 12.7. The first kappa shape index (κ1) is 23.5. The van der Waals surface area contributed by atoms with E-state index in [0.29, 0.717) is 11.6 Å². The van der Waals surface area contributed by atoms with E-state index in [2.05, 4.69) is 20.6 Å². The monoisotopic (exact) mass is 474 g/mol.